The van der Waals surface area contributed by atoms with Crippen LogP contribution < -0.4 is 0 Å². The average Bonchev–Trinajstić information content (AvgIpc) is 2.24. The van der Waals surface area contributed by atoms with Gasteiger partial charge in [0.1, 0.15) is 0 Å². The minimum atomic E-state index is 0. The van der Waals surface area contributed by atoms with Crippen LogP contribution in [0.4, 0.5) is 0 Å². The quantitative estimate of drug-likeness (QED) is 0.576. The van der Waals surface area contributed by atoms with Crippen LogP contribution >= 0.6 is 0 Å². The average molecular weight is 397 g/mol. The molecule has 0 radical (unpaired) electrons. The zero-order chi connectivity index (χ0) is 10.8. The van der Waals surface area contributed by atoms with E-state index in [1.165, 1.54) is 0 Å². The summed E-state index contributed by atoms with van der Waals surface area (Å²) < 4.78 is 0. The normalized spacial score (nSPS) is 14.4. The number of hydrogen-bond acceptors (Lipinski definition) is 2. The molecule has 0 heterocycles. The minimum Gasteiger partial charge on any atom is -0.659 e. The van der Waals surface area contributed by atoms with Gasteiger partial charge in [0, 0.05) is 13.2 Å². The summed E-state index contributed by atoms with van der Waals surface area (Å²) in [5, 5.41) is 26.3. The molecule has 5 heteroatoms. The van der Waals surface area contributed by atoms with Crippen LogP contribution in [0.3, 0.4) is 0 Å². The molecule has 0 saturated carbocycles. The summed E-state index contributed by atoms with van der Waals surface area (Å²) in [6, 6.07) is 0.110. The molecule has 0 rings (SSSR count). The van der Waals surface area contributed by atoms with E-state index in [4.69, 9.17) is 10.2 Å². The zero-order valence-electron chi connectivity index (χ0n) is 9.50. The Kier molecular flexibility index (Phi) is 15.0. The molecule has 15 heavy (non-hydrogen) atoms. The Bertz CT molecular complexity index is 106. The second-order valence-corrected chi connectivity index (χ2v) is 3.30. The standard InChI is InChI=1S/C10H22N2O2.Pt/c1-3-9(7-13)11-5-6-12-10(4-2)8-14;/h9-10,13-14H,3-8H2,1-2H3;/q-2;+4. The molecule has 0 aromatic rings. The molecule has 0 saturated heterocycles. The molecule has 0 fully saturated rings. The molecule has 0 aromatic heterocycles. The van der Waals surface area contributed by atoms with E-state index in [1.54, 1.807) is 0 Å². The molecule has 0 aliphatic carbocycles. The van der Waals surface area contributed by atoms with E-state index >= 15 is 0 Å². The number of aliphatic hydroxyl groups excluding tert-OH is 2. The van der Waals surface area contributed by atoms with E-state index in [0.717, 1.165) is 12.8 Å². The second-order valence-electron chi connectivity index (χ2n) is 3.30. The van der Waals surface area contributed by atoms with E-state index in [0.29, 0.717) is 13.1 Å². The monoisotopic (exact) mass is 397 g/mol. The van der Waals surface area contributed by atoms with Gasteiger partial charge >= 0.3 is 21.1 Å². The van der Waals surface area contributed by atoms with E-state index < -0.39 is 0 Å². The first kappa shape index (κ1) is 17.9. The maximum atomic E-state index is 8.86. The van der Waals surface area contributed by atoms with E-state index in [-0.39, 0.29) is 46.4 Å². The summed E-state index contributed by atoms with van der Waals surface area (Å²) in [6.07, 6.45) is 1.74. The number of nitrogens with zero attached hydrogens (tertiary/aromatic N) is 2. The molecule has 2 atom stereocenters. The smallest absolute Gasteiger partial charge is 0.659 e. The SMILES string of the molecule is CCC(CO)[N-]CC[N-]C(CC)CO.[Pt+4]. The van der Waals surface area contributed by atoms with E-state index in [9.17, 15) is 0 Å². The van der Waals surface area contributed by atoms with Crippen LogP contribution in [0.5, 0.6) is 0 Å². The molecule has 92 valence electrons. The van der Waals surface area contributed by atoms with Crippen molar-refractivity contribution in [2.24, 2.45) is 0 Å². The summed E-state index contributed by atoms with van der Waals surface area (Å²) in [4.78, 5) is 0. The van der Waals surface area contributed by atoms with Crippen molar-refractivity contribution < 1.29 is 31.3 Å². The zero-order valence-corrected chi connectivity index (χ0v) is 11.8. The first-order valence-corrected chi connectivity index (χ1v) is 5.33. The Morgan fingerprint density at radius 1 is 0.867 bits per heavy atom. The Hall–Kier alpha value is 0.528. The van der Waals surface area contributed by atoms with Crippen LogP contribution in [0, 0.1) is 0 Å². The largest absolute Gasteiger partial charge is 4.00 e. The molecule has 4 nitrogen and oxygen atoms in total. The summed E-state index contributed by atoms with van der Waals surface area (Å²) in [5.74, 6) is 0. The third-order valence-corrected chi connectivity index (χ3v) is 2.24. The van der Waals surface area contributed by atoms with Gasteiger partial charge in [-0.05, 0) is 0 Å². The fraction of sp³-hybridized carbons (Fsp3) is 1.00. The molecular weight excluding hydrogens is 375 g/mol. The van der Waals surface area contributed by atoms with Crippen molar-refractivity contribution in [3.8, 4) is 0 Å². The van der Waals surface area contributed by atoms with Crippen molar-refractivity contribution >= 4 is 0 Å². The molecule has 0 bridgehead atoms. The van der Waals surface area contributed by atoms with Gasteiger partial charge in [-0.1, -0.05) is 26.7 Å². The van der Waals surface area contributed by atoms with Crippen LogP contribution in [0.2, 0.25) is 0 Å². The summed E-state index contributed by atoms with van der Waals surface area (Å²) in [6.45, 7) is 5.54. The van der Waals surface area contributed by atoms with Crippen molar-refractivity contribution in [3.05, 3.63) is 10.6 Å². The van der Waals surface area contributed by atoms with Crippen molar-refractivity contribution in [2.75, 3.05) is 26.3 Å². The predicted octanol–water partition coefficient (Wildman–Crippen LogP) is 1.27. The van der Waals surface area contributed by atoms with Crippen LogP contribution in [0.15, 0.2) is 0 Å². The van der Waals surface area contributed by atoms with Gasteiger partial charge in [-0.15, -0.1) is 12.1 Å². The number of hydrogen-bond donors (Lipinski definition) is 2. The molecule has 2 unspecified atom stereocenters. The van der Waals surface area contributed by atoms with Gasteiger partial charge in [0.15, 0.2) is 0 Å². The Morgan fingerprint density at radius 3 is 1.40 bits per heavy atom. The molecule has 0 aliphatic heterocycles. The third kappa shape index (κ3) is 9.46. The Balaban J connectivity index is 0. The Labute approximate surface area is 107 Å². The first-order chi connectivity index (χ1) is 6.78. The fourth-order valence-electron chi connectivity index (χ4n) is 1.11. The van der Waals surface area contributed by atoms with Gasteiger partial charge in [-0.3, -0.25) is 0 Å². The predicted molar refractivity (Wildman–Crippen MR) is 58.8 cm³/mol. The second kappa shape index (κ2) is 12.6. The summed E-state index contributed by atoms with van der Waals surface area (Å²) in [7, 11) is 0. The molecular formula is C10H22N2O2Pt+2. The number of rotatable bonds is 9. The minimum absolute atomic E-state index is 0. The first-order valence-electron chi connectivity index (χ1n) is 5.33. The number of aliphatic hydroxyl groups is 2. The maximum Gasteiger partial charge on any atom is 4.00 e. The van der Waals surface area contributed by atoms with Crippen molar-refractivity contribution in [2.45, 2.75) is 38.8 Å². The van der Waals surface area contributed by atoms with Gasteiger partial charge in [-0.2, -0.15) is 13.1 Å². The topological polar surface area (TPSA) is 68.7 Å². The molecule has 0 spiro atoms. The van der Waals surface area contributed by atoms with Gasteiger partial charge in [-0.25, -0.2) is 0 Å². The van der Waals surface area contributed by atoms with Gasteiger partial charge in [0.2, 0.25) is 0 Å². The van der Waals surface area contributed by atoms with Gasteiger partial charge in [0.05, 0.1) is 0 Å². The summed E-state index contributed by atoms with van der Waals surface area (Å²) in [5.41, 5.74) is 0. The van der Waals surface area contributed by atoms with Gasteiger partial charge in [0.25, 0.3) is 0 Å². The van der Waals surface area contributed by atoms with Crippen molar-refractivity contribution in [1.82, 2.24) is 0 Å². The molecule has 0 aromatic carbocycles. The third-order valence-electron chi connectivity index (χ3n) is 2.24. The maximum absolute atomic E-state index is 8.86. The molecule has 0 amide bonds. The van der Waals surface area contributed by atoms with Crippen LogP contribution in [0.25, 0.3) is 10.6 Å². The fourth-order valence-corrected chi connectivity index (χ4v) is 1.11. The van der Waals surface area contributed by atoms with Crippen LogP contribution in [-0.4, -0.2) is 48.6 Å². The van der Waals surface area contributed by atoms with Crippen molar-refractivity contribution in [3.63, 3.8) is 0 Å². The van der Waals surface area contributed by atoms with E-state index in [2.05, 4.69) is 10.6 Å². The summed E-state index contributed by atoms with van der Waals surface area (Å²) >= 11 is 0. The molecule has 2 N–H and O–H groups in total. The Morgan fingerprint density at radius 2 is 1.20 bits per heavy atom. The molecule has 0 aliphatic rings. The van der Waals surface area contributed by atoms with Crippen molar-refractivity contribution in [1.29, 1.82) is 0 Å². The van der Waals surface area contributed by atoms with Crippen LogP contribution in [0.1, 0.15) is 26.7 Å². The van der Waals surface area contributed by atoms with Crippen LogP contribution in [-0.2, 0) is 21.1 Å². The van der Waals surface area contributed by atoms with Gasteiger partial charge < -0.3 is 20.8 Å². The van der Waals surface area contributed by atoms with E-state index in [1.807, 2.05) is 13.8 Å².